The van der Waals surface area contributed by atoms with E-state index in [1.54, 1.807) is 0 Å². The van der Waals surface area contributed by atoms with Gasteiger partial charge in [0, 0.05) is 12.0 Å². The molecule has 3 nitrogen and oxygen atoms in total. The van der Waals surface area contributed by atoms with Crippen molar-refractivity contribution in [1.29, 1.82) is 0 Å². The Balaban J connectivity index is 2.93. The van der Waals surface area contributed by atoms with Crippen molar-refractivity contribution < 1.29 is 18.6 Å². The van der Waals surface area contributed by atoms with Crippen molar-refractivity contribution in [3.05, 3.63) is 23.8 Å². The number of hydrogen-bond acceptors (Lipinski definition) is 3. The highest BCUT2D eigenvalue weighted by molar-refractivity contribution is 5.39. The average molecular weight is 217 g/mol. The van der Waals surface area contributed by atoms with Gasteiger partial charge in [-0.3, -0.25) is 0 Å². The van der Waals surface area contributed by atoms with Crippen LogP contribution in [-0.4, -0.2) is 24.7 Å². The highest BCUT2D eigenvalue weighted by atomic mass is 19.3. The minimum atomic E-state index is -3.01. The van der Waals surface area contributed by atoms with Crippen LogP contribution in [0.2, 0.25) is 0 Å². The smallest absolute Gasteiger partial charge is 0.264 e. The number of benzene rings is 1. The van der Waals surface area contributed by atoms with Gasteiger partial charge in [-0.05, 0) is 18.2 Å². The van der Waals surface area contributed by atoms with Crippen LogP contribution >= 0.6 is 0 Å². The predicted octanol–water partition coefficient (Wildman–Crippen LogP) is 1.54. The lowest BCUT2D eigenvalue weighted by Crippen LogP contribution is -2.30. The Morgan fingerprint density at radius 3 is 2.67 bits per heavy atom. The Morgan fingerprint density at radius 1 is 1.47 bits per heavy atom. The molecule has 0 spiro atoms. The summed E-state index contributed by atoms with van der Waals surface area (Å²) in [7, 11) is 1.43. The molecule has 3 N–H and O–H groups in total. The second-order valence-electron chi connectivity index (χ2n) is 3.23. The fraction of sp³-hybridized carbons (Fsp3) is 0.400. The van der Waals surface area contributed by atoms with E-state index in [0.29, 0.717) is 5.75 Å². The molecule has 1 aromatic carbocycles. The Kier molecular flexibility index (Phi) is 3.47. The van der Waals surface area contributed by atoms with Crippen LogP contribution in [0.4, 0.5) is 8.78 Å². The Bertz CT molecular complexity index is 342. The van der Waals surface area contributed by atoms with Crippen LogP contribution in [0.3, 0.4) is 0 Å². The summed E-state index contributed by atoms with van der Waals surface area (Å²) in [5.41, 5.74) is 5.04. The zero-order valence-electron chi connectivity index (χ0n) is 8.34. The summed E-state index contributed by atoms with van der Waals surface area (Å²) >= 11 is 0. The van der Waals surface area contributed by atoms with Gasteiger partial charge >= 0.3 is 0 Å². The van der Waals surface area contributed by atoms with Crippen LogP contribution in [-0.2, 0) is 6.42 Å². The number of halogens is 2. The van der Waals surface area contributed by atoms with E-state index >= 15 is 0 Å². The van der Waals surface area contributed by atoms with Crippen LogP contribution in [0.5, 0.6) is 11.5 Å². The molecule has 0 radical (unpaired) electrons. The Hall–Kier alpha value is -1.36. The van der Waals surface area contributed by atoms with E-state index in [9.17, 15) is 13.9 Å². The molecule has 0 saturated heterocycles. The van der Waals surface area contributed by atoms with Crippen molar-refractivity contribution >= 4 is 0 Å². The lowest BCUT2D eigenvalue weighted by molar-refractivity contribution is 0.0109. The molecule has 0 aromatic heterocycles. The van der Waals surface area contributed by atoms with E-state index in [-0.39, 0.29) is 11.3 Å². The molecule has 15 heavy (non-hydrogen) atoms. The molecule has 1 rings (SSSR count). The quantitative estimate of drug-likeness (QED) is 0.804. The molecule has 0 amide bonds. The minimum absolute atomic E-state index is 0.129. The van der Waals surface area contributed by atoms with Gasteiger partial charge in [-0.2, -0.15) is 0 Å². The van der Waals surface area contributed by atoms with Gasteiger partial charge in [-0.1, -0.05) is 0 Å². The molecule has 0 aliphatic rings. The maximum absolute atomic E-state index is 13.0. The van der Waals surface area contributed by atoms with Crippen molar-refractivity contribution in [2.75, 3.05) is 13.7 Å². The largest absolute Gasteiger partial charge is 0.508 e. The molecular formula is C10H13F2NO2. The molecule has 5 heteroatoms. The summed E-state index contributed by atoms with van der Waals surface area (Å²) in [5, 5.41) is 9.36. The Morgan fingerprint density at radius 2 is 2.13 bits per heavy atom. The Labute approximate surface area is 86.5 Å². The number of alkyl halides is 2. The van der Waals surface area contributed by atoms with E-state index in [1.165, 1.54) is 25.3 Å². The molecule has 0 fully saturated rings. The van der Waals surface area contributed by atoms with E-state index in [4.69, 9.17) is 10.5 Å². The maximum atomic E-state index is 13.0. The number of nitrogens with two attached hydrogens (primary N) is 1. The third-order valence-corrected chi connectivity index (χ3v) is 2.03. The molecule has 0 unspecified atom stereocenters. The number of hydrogen-bond donors (Lipinski definition) is 2. The van der Waals surface area contributed by atoms with Gasteiger partial charge in [0.25, 0.3) is 5.92 Å². The van der Waals surface area contributed by atoms with E-state index in [2.05, 4.69) is 0 Å². The molecule has 84 valence electrons. The summed E-state index contributed by atoms with van der Waals surface area (Å²) in [5.74, 6) is -2.76. The van der Waals surface area contributed by atoms with Crippen LogP contribution in [0, 0.1) is 0 Å². The average Bonchev–Trinajstić information content (AvgIpc) is 2.21. The van der Waals surface area contributed by atoms with E-state index in [0.717, 1.165) is 0 Å². The summed E-state index contributed by atoms with van der Waals surface area (Å²) in [6, 6.07) is 4.19. The van der Waals surface area contributed by atoms with Crippen molar-refractivity contribution in [2.24, 2.45) is 5.73 Å². The fourth-order valence-electron chi connectivity index (χ4n) is 1.18. The van der Waals surface area contributed by atoms with Gasteiger partial charge < -0.3 is 15.6 Å². The van der Waals surface area contributed by atoms with Gasteiger partial charge in [0.1, 0.15) is 11.5 Å². The number of phenols is 1. The zero-order chi connectivity index (χ0) is 11.5. The zero-order valence-corrected chi connectivity index (χ0v) is 8.34. The fourth-order valence-corrected chi connectivity index (χ4v) is 1.18. The van der Waals surface area contributed by atoms with Gasteiger partial charge in [-0.15, -0.1) is 0 Å². The van der Waals surface area contributed by atoms with Gasteiger partial charge in [0.2, 0.25) is 0 Å². The molecule has 1 aromatic rings. The molecule has 0 saturated carbocycles. The van der Waals surface area contributed by atoms with Crippen molar-refractivity contribution in [3.63, 3.8) is 0 Å². The first-order valence-corrected chi connectivity index (χ1v) is 4.42. The normalized spacial score (nSPS) is 11.5. The second-order valence-corrected chi connectivity index (χ2v) is 3.23. The van der Waals surface area contributed by atoms with Gasteiger partial charge in [0.05, 0.1) is 13.7 Å². The monoisotopic (exact) mass is 217 g/mol. The van der Waals surface area contributed by atoms with Crippen molar-refractivity contribution in [1.82, 2.24) is 0 Å². The highest BCUT2D eigenvalue weighted by Crippen LogP contribution is 2.28. The molecule has 0 aliphatic carbocycles. The number of phenolic OH excluding ortho intramolecular Hbond substituents is 1. The topological polar surface area (TPSA) is 55.5 Å². The molecule has 0 bridgehead atoms. The number of ether oxygens (including phenoxy) is 1. The van der Waals surface area contributed by atoms with Crippen molar-refractivity contribution in [2.45, 2.75) is 12.3 Å². The molecular weight excluding hydrogens is 204 g/mol. The molecule has 0 aliphatic heterocycles. The van der Waals surface area contributed by atoms with Crippen LogP contribution in [0.25, 0.3) is 0 Å². The van der Waals surface area contributed by atoms with Crippen LogP contribution in [0.1, 0.15) is 5.56 Å². The third kappa shape index (κ3) is 3.06. The number of methoxy groups -OCH3 is 1. The first-order valence-electron chi connectivity index (χ1n) is 4.42. The van der Waals surface area contributed by atoms with Gasteiger partial charge in [-0.25, -0.2) is 8.78 Å². The summed E-state index contributed by atoms with van der Waals surface area (Å²) in [6.45, 7) is -0.746. The van der Waals surface area contributed by atoms with E-state index < -0.39 is 18.9 Å². The minimum Gasteiger partial charge on any atom is -0.508 e. The number of aromatic hydroxyl groups is 1. The van der Waals surface area contributed by atoms with Crippen LogP contribution in [0.15, 0.2) is 18.2 Å². The lowest BCUT2D eigenvalue weighted by Gasteiger charge is -2.15. The predicted molar refractivity (Wildman–Crippen MR) is 52.4 cm³/mol. The summed E-state index contributed by atoms with van der Waals surface area (Å²) < 4.78 is 30.8. The summed E-state index contributed by atoms with van der Waals surface area (Å²) in [6.07, 6.45) is -0.591. The second kappa shape index (κ2) is 4.44. The summed E-state index contributed by atoms with van der Waals surface area (Å²) in [4.78, 5) is 0. The standard InChI is InChI=1S/C10H13F2NO2/c1-15-8-2-3-9(14)7(4-8)5-10(11,12)6-13/h2-4,14H,5-6,13H2,1H3. The maximum Gasteiger partial charge on any atom is 0.264 e. The molecule has 0 atom stereocenters. The van der Waals surface area contributed by atoms with Gasteiger partial charge in [0.15, 0.2) is 0 Å². The van der Waals surface area contributed by atoms with Crippen molar-refractivity contribution in [3.8, 4) is 11.5 Å². The first-order chi connectivity index (χ1) is 6.98. The lowest BCUT2D eigenvalue weighted by atomic mass is 10.1. The highest BCUT2D eigenvalue weighted by Gasteiger charge is 2.28. The SMILES string of the molecule is COc1ccc(O)c(CC(F)(F)CN)c1. The van der Waals surface area contributed by atoms with Crippen LogP contribution < -0.4 is 10.5 Å². The molecule has 0 heterocycles. The van der Waals surface area contributed by atoms with E-state index in [1.807, 2.05) is 0 Å². The number of rotatable bonds is 4. The first kappa shape index (κ1) is 11.7. The third-order valence-electron chi connectivity index (χ3n) is 2.03.